The van der Waals surface area contributed by atoms with E-state index in [-0.39, 0.29) is 6.29 Å². The van der Waals surface area contributed by atoms with Crippen LogP contribution in [0, 0.1) is 0 Å². The molecular weight excluding hydrogens is 320 g/mol. The molecule has 0 bridgehead atoms. The third kappa shape index (κ3) is 4.64. The zero-order chi connectivity index (χ0) is 17.7. The van der Waals surface area contributed by atoms with Gasteiger partial charge in [-0.1, -0.05) is 0 Å². The van der Waals surface area contributed by atoms with Crippen LogP contribution in [-0.2, 0) is 14.3 Å². The van der Waals surface area contributed by atoms with Crippen LogP contribution in [0.3, 0.4) is 0 Å². The molecule has 0 saturated carbocycles. The molecule has 23 heavy (non-hydrogen) atoms. The summed E-state index contributed by atoms with van der Waals surface area (Å²) in [5.41, 5.74) is 0. The van der Waals surface area contributed by atoms with Crippen molar-refractivity contribution in [1.29, 1.82) is 0 Å². The van der Waals surface area contributed by atoms with E-state index in [2.05, 4.69) is 0 Å². The molecular formula is C12H22O11. The molecule has 8 N–H and O–H groups in total. The summed E-state index contributed by atoms with van der Waals surface area (Å²) in [6.07, 6.45) is -15.7. The summed E-state index contributed by atoms with van der Waals surface area (Å²) >= 11 is 0. The van der Waals surface area contributed by atoms with E-state index in [0.717, 1.165) is 0 Å². The molecule has 11 heteroatoms. The van der Waals surface area contributed by atoms with Crippen LogP contribution in [0.2, 0.25) is 0 Å². The first-order valence-electron chi connectivity index (χ1n) is 6.84. The molecule has 0 amide bonds. The minimum Gasteiger partial charge on any atom is -0.394 e. The van der Waals surface area contributed by atoms with Crippen molar-refractivity contribution in [2.75, 3.05) is 13.2 Å². The minimum atomic E-state index is -1.97. The number of hydrogen-bond acceptors (Lipinski definition) is 11. The Morgan fingerprint density at radius 1 is 1.04 bits per heavy atom. The van der Waals surface area contributed by atoms with Crippen LogP contribution in [0.25, 0.3) is 0 Å². The lowest BCUT2D eigenvalue weighted by Gasteiger charge is -2.42. The standard InChI is InChI=1S/C12H22O11/c13-1-4(16)7(18)11(5(17)2-14)23-12-10(21)9(20)8(19)6(3-15)22-12/h1,4-12,14-21H,2-3H2/t4-,5+,6+,7+,8+,9-,10-,11+,12?/m0/s1. The molecule has 1 fully saturated rings. The van der Waals surface area contributed by atoms with Gasteiger partial charge in [-0.2, -0.15) is 0 Å². The maximum atomic E-state index is 10.5. The Morgan fingerprint density at radius 3 is 2.13 bits per heavy atom. The van der Waals surface area contributed by atoms with Crippen molar-refractivity contribution < 1.29 is 55.1 Å². The van der Waals surface area contributed by atoms with Crippen LogP contribution in [0.5, 0.6) is 0 Å². The third-order valence-corrected chi connectivity index (χ3v) is 3.53. The normalized spacial score (nSPS) is 37.0. The van der Waals surface area contributed by atoms with E-state index >= 15 is 0 Å². The van der Waals surface area contributed by atoms with Gasteiger partial charge in [0, 0.05) is 0 Å². The Bertz CT molecular complexity index is 365. The molecule has 1 aliphatic rings. The summed E-state index contributed by atoms with van der Waals surface area (Å²) in [5.74, 6) is 0. The Morgan fingerprint density at radius 2 is 1.65 bits per heavy atom. The predicted molar refractivity (Wildman–Crippen MR) is 69.8 cm³/mol. The van der Waals surface area contributed by atoms with E-state index in [0.29, 0.717) is 0 Å². The van der Waals surface area contributed by atoms with Crippen molar-refractivity contribution in [3.05, 3.63) is 0 Å². The van der Waals surface area contributed by atoms with Gasteiger partial charge in [0.1, 0.15) is 48.8 Å². The highest BCUT2D eigenvalue weighted by molar-refractivity contribution is 5.56. The van der Waals surface area contributed by atoms with Crippen LogP contribution in [0.15, 0.2) is 0 Å². The van der Waals surface area contributed by atoms with Gasteiger partial charge in [-0.3, -0.25) is 0 Å². The SMILES string of the molecule is O=C[C@H](O)[C@@H](O)[C@H](OC1O[C@H](CO)[C@@H](O)[C@H](O)[C@@H]1O)[C@H](O)CO. The number of carbonyl (C=O) groups excluding carboxylic acids is 1. The average Bonchev–Trinajstić information content (AvgIpc) is 2.57. The second-order valence-electron chi connectivity index (χ2n) is 5.17. The lowest BCUT2D eigenvalue weighted by molar-refractivity contribution is -0.326. The first-order chi connectivity index (χ1) is 10.8. The Kier molecular flexibility index (Phi) is 7.89. The zero-order valence-corrected chi connectivity index (χ0v) is 12.0. The summed E-state index contributed by atoms with van der Waals surface area (Å²) in [5, 5.41) is 75.7. The number of aliphatic hydroxyl groups is 8. The molecule has 0 spiro atoms. The first-order valence-corrected chi connectivity index (χ1v) is 6.84. The van der Waals surface area contributed by atoms with Crippen LogP contribution in [0.1, 0.15) is 0 Å². The van der Waals surface area contributed by atoms with Crippen molar-refractivity contribution in [1.82, 2.24) is 0 Å². The van der Waals surface area contributed by atoms with Crippen LogP contribution >= 0.6 is 0 Å². The number of aldehydes is 1. The topological polar surface area (TPSA) is 197 Å². The minimum absolute atomic E-state index is 0.0294. The molecule has 1 saturated heterocycles. The van der Waals surface area contributed by atoms with Gasteiger partial charge < -0.3 is 55.1 Å². The summed E-state index contributed by atoms with van der Waals surface area (Å²) in [6.45, 7) is -1.64. The van der Waals surface area contributed by atoms with Crippen LogP contribution in [0.4, 0.5) is 0 Å². The van der Waals surface area contributed by atoms with E-state index < -0.39 is 68.3 Å². The molecule has 0 aromatic rings. The summed E-state index contributed by atoms with van der Waals surface area (Å²) < 4.78 is 10.1. The maximum absolute atomic E-state index is 10.5. The Balaban J connectivity index is 2.91. The maximum Gasteiger partial charge on any atom is 0.187 e. The number of rotatable bonds is 8. The van der Waals surface area contributed by atoms with E-state index in [9.17, 15) is 35.4 Å². The number of ether oxygens (including phenoxy) is 2. The fourth-order valence-corrected chi connectivity index (χ4v) is 2.11. The van der Waals surface area contributed by atoms with Gasteiger partial charge in [-0.25, -0.2) is 0 Å². The van der Waals surface area contributed by atoms with Crippen LogP contribution in [-0.4, -0.2) is 115 Å². The molecule has 1 rings (SSSR count). The second-order valence-corrected chi connectivity index (χ2v) is 5.17. The number of aliphatic hydroxyl groups excluding tert-OH is 8. The molecule has 1 heterocycles. The highest BCUT2D eigenvalue weighted by atomic mass is 16.7. The van der Waals surface area contributed by atoms with Crippen molar-refractivity contribution >= 4 is 6.29 Å². The lowest BCUT2D eigenvalue weighted by atomic mass is 9.98. The van der Waals surface area contributed by atoms with Gasteiger partial charge in [-0.15, -0.1) is 0 Å². The number of hydrogen-bond donors (Lipinski definition) is 8. The Hall–Kier alpha value is -0.730. The highest BCUT2D eigenvalue weighted by Crippen LogP contribution is 2.24. The fraction of sp³-hybridized carbons (Fsp3) is 0.917. The summed E-state index contributed by atoms with van der Waals surface area (Å²) in [7, 11) is 0. The van der Waals surface area contributed by atoms with E-state index in [1.165, 1.54) is 0 Å². The van der Waals surface area contributed by atoms with Gasteiger partial charge in [-0.05, 0) is 0 Å². The first kappa shape index (κ1) is 20.3. The Labute approximate surface area is 130 Å². The third-order valence-electron chi connectivity index (χ3n) is 3.53. The van der Waals surface area contributed by atoms with Crippen molar-refractivity contribution in [2.45, 2.75) is 55.1 Å². The van der Waals surface area contributed by atoms with Gasteiger partial charge in [0.25, 0.3) is 0 Å². The quantitative estimate of drug-likeness (QED) is 0.196. The lowest BCUT2D eigenvalue weighted by Crippen LogP contribution is -2.61. The molecule has 1 aliphatic heterocycles. The fourth-order valence-electron chi connectivity index (χ4n) is 2.11. The molecule has 0 aromatic carbocycles. The van der Waals surface area contributed by atoms with E-state index in [4.69, 9.17) is 19.7 Å². The molecule has 0 aliphatic carbocycles. The van der Waals surface area contributed by atoms with Gasteiger partial charge >= 0.3 is 0 Å². The van der Waals surface area contributed by atoms with E-state index in [1.807, 2.05) is 0 Å². The van der Waals surface area contributed by atoms with Crippen molar-refractivity contribution in [3.8, 4) is 0 Å². The molecule has 9 atom stereocenters. The molecule has 1 unspecified atom stereocenters. The van der Waals surface area contributed by atoms with Gasteiger partial charge in [0.15, 0.2) is 12.6 Å². The van der Waals surface area contributed by atoms with Crippen molar-refractivity contribution in [2.24, 2.45) is 0 Å². The second kappa shape index (κ2) is 8.94. The highest BCUT2D eigenvalue weighted by Gasteiger charge is 2.46. The summed E-state index contributed by atoms with van der Waals surface area (Å²) in [6, 6.07) is 0. The molecule has 0 aromatic heterocycles. The predicted octanol–water partition coefficient (Wildman–Crippen LogP) is -5.55. The largest absolute Gasteiger partial charge is 0.394 e. The summed E-state index contributed by atoms with van der Waals surface area (Å²) in [4.78, 5) is 10.5. The molecule has 11 nitrogen and oxygen atoms in total. The van der Waals surface area contributed by atoms with Crippen LogP contribution < -0.4 is 0 Å². The smallest absolute Gasteiger partial charge is 0.187 e. The monoisotopic (exact) mass is 342 g/mol. The van der Waals surface area contributed by atoms with Gasteiger partial charge in [0.2, 0.25) is 0 Å². The zero-order valence-electron chi connectivity index (χ0n) is 12.0. The molecule has 136 valence electrons. The van der Waals surface area contributed by atoms with Crippen molar-refractivity contribution in [3.63, 3.8) is 0 Å². The number of carbonyl (C=O) groups is 1. The van der Waals surface area contributed by atoms with E-state index in [1.54, 1.807) is 0 Å². The average molecular weight is 342 g/mol. The molecule has 0 radical (unpaired) electrons. The van der Waals surface area contributed by atoms with Gasteiger partial charge in [0.05, 0.1) is 13.2 Å².